The van der Waals surface area contributed by atoms with Crippen LogP contribution in [0.4, 0.5) is 0 Å². The first kappa shape index (κ1) is 16.1. The van der Waals surface area contributed by atoms with Crippen LogP contribution in [0.1, 0.15) is 11.3 Å². The van der Waals surface area contributed by atoms with Gasteiger partial charge in [0.1, 0.15) is 10.8 Å². The summed E-state index contributed by atoms with van der Waals surface area (Å²) in [4.78, 5) is 5.74. The average molecular weight is 379 g/mol. The topological polar surface area (TPSA) is 57.9 Å². The predicted molar refractivity (Wildman–Crippen MR) is 104 cm³/mol. The fourth-order valence-corrected chi connectivity index (χ4v) is 4.41. The van der Waals surface area contributed by atoms with Gasteiger partial charge in [0.05, 0.1) is 32.7 Å². The van der Waals surface area contributed by atoms with Crippen molar-refractivity contribution in [3.05, 3.63) is 47.7 Å². The summed E-state index contributed by atoms with van der Waals surface area (Å²) in [5.41, 5.74) is 5.40. The van der Waals surface area contributed by atoms with Gasteiger partial charge < -0.3 is 14.2 Å². The zero-order chi connectivity index (χ0) is 18.5. The molecule has 0 bridgehead atoms. The average Bonchev–Trinajstić information content (AvgIpc) is 3.36. The van der Waals surface area contributed by atoms with Crippen LogP contribution in [0.25, 0.3) is 26.8 Å². The van der Waals surface area contributed by atoms with Crippen molar-refractivity contribution < 1.29 is 14.2 Å². The lowest BCUT2D eigenvalue weighted by molar-refractivity contribution is 0.355. The van der Waals surface area contributed by atoms with E-state index in [1.165, 1.54) is 5.56 Å². The van der Waals surface area contributed by atoms with Gasteiger partial charge in [-0.15, -0.1) is 0 Å². The highest BCUT2D eigenvalue weighted by Gasteiger charge is 2.28. The molecule has 1 aliphatic carbocycles. The largest absolute Gasteiger partial charge is 0.497 e. The molecule has 0 aliphatic heterocycles. The maximum Gasteiger partial charge on any atom is 0.213 e. The first-order valence-corrected chi connectivity index (χ1v) is 9.31. The Balaban J connectivity index is 1.59. The number of imidazole rings is 1. The van der Waals surface area contributed by atoms with E-state index >= 15 is 0 Å². The second kappa shape index (κ2) is 5.99. The van der Waals surface area contributed by atoms with E-state index in [-0.39, 0.29) is 0 Å². The maximum absolute atomic E-state index is 5.45. The number of hydrogen-bond donors (Lipinski definition) is 0. The summed E-state index contributed by atoms with van der Waals surface area (Å²) < 4.78 is 18.1. The summed E-state index contributed by atoms with van der Waals surface area (Å²) in [6, 6.07) is 11.9. The van der Waals surface area contributed by atoms with Gasteiger partial charge in [-0.05, 0) is 42.0 Å². The van der Waals surface area contributed by atoms with Gasteiger partial charge in [0.25, 0.3) is 0 Å². The molecule has 0 N–H and O–H groups in total. The van der Waals surface area contributed by atoms with Gasteiger partial charge in [0.2, 0.25) is 4.96 Å². The maximum atomic E-state index is 5.45. The van der Waals surface area contributed by atoms with E-state index in [0.29, 0.717) is 5.75 Å². The Morgan fingerprint density at radius 1 is 0.963 bits per heavy atom. The van der Waals surface area contributed by atoms with Crippen molar-refractivity contribution in [3.8, 4) is 39.1 Å². The van der Waals surface area contributed by atoms with Gasteiger partial charge in [0.15, 0.2) is 11.5 Å². The van der Waals surface area contributed by atoms with Gasteiger partial charge in [-0.1, -0.05) is 11.3 Å². The molecule has 2 aromatic heterocycles. The van der Waals surface area contributed by atoms with Crippen molar-refractivity contribution in [2.75, 3.05) is 21.3 Å². The highest BCUT2D eigenvalue weighted by Crippen LogP contribution is 2.43. The van der Waals surface area contributed by atoms with E-state index in [0.717, 1.165) is 50.4 Å². The monoisotopic (exact) mass is 379 g/mol. The zero-order valence-electron chi connectivity index (χ0n) is 15.1. The van der Waals surface area contributed by atoms with Gasteiger partial charge in [-0.2, -0.15) is 5.10 Å². The van der Waals surface area contributed by atoms with Gasteiger partial charge in [0, 0.05) is 17.5 Å². The standard InChI is InChI=1S/C20H17N3O3S/c1-24-13-6-4-11(5-7-13)19-22-23-15-8-12-9-16(25-2)17(26-3)10-14(12)18(15)21-20(23)27-19/h4-7,9-10H,8H2,1-3H3. The number of fused-ring (bicyclic) bond motifs is 5. The number of methoxy groups -OCH3 is 3. The van der Waals surface area contributed by atoms with Crippen molar-refractivity contribution in [1.29, 1.82) is 0 Å². The molecule has 0 saturated carbocycles. The van der Waals surface area contributed by atoms with E-state index in [9.17, 15) is 0 Å². The van der Waals surface area contributed by atoms with Gasteiger partial charge in [-0.3, -0.25) is 0 Å². The molecule has 2 heterocycles. The third-order valence-electron chi connectivity index (χ3n) is 4.86. The van der Waals surface area contributed by atoms with Crippen molar-refractivity contribution in [3.63, 3.8) is 0 Å². The second-order valence-corrected chi connectivity index (χ2v) is 7.23. The van der Waals surface area contributed by atoms with E-state index in [4.69, 9.17) is 24.3 Å². The van der Waals surface area contributed by atoms with E-state index in [1.807, 2.05) is 40.9 Å². The molecule has 27 heavy (non-hydrogen) atoms. The molecule has 1 aliphatic rings. The number of aromatic nitrogens is 3. The van der Waals surface area contributed by atoms with Crippen LogP contribution < -0.4 is 14.2 Å². The molecule has 136 valence electrons. The summed E-state index contributed by atoms with van der Waals surface area (Å²) in [5, 5.41) is 5.75. The van der Waals surface area contributed by atoms with E-state index in [2.05, 4.69) is 0 Å². The number of hydrogen-bond acceptors (Lipinski definition) is 6. The molecule has 2 aromatic carbocycles. The molecule has 0 radical (unpaired) electrons. The minimum absolute atomic E-state index is 0.715. The molecule has 7 heteroatoms. The van der Waals surface area contributed by atoms with Crippen LogP contribution in [-0.4, -0.2) is 35.9 Å². The Labute approximate surface area is 160 Å². The van der Waals surface area contributed by atoms with Gasteiger partial charge in [-0.25, -0.2) is 9.50 Å². The van der Waals surface area contributed by atoms with Crippen LogP contribution in [-0.2, 0) is 6.42 Å². The van der Waals surface area contributed by atoms with Crippen LogP contribution in [0, 0.1) is 0 Å². The molecule has 0 saturated heterocycles. The van der Waals surface area contributed by atoms with Crippen molar-refractivity contribution in [2.45, 2.75) is 6.42 Å². The number of benzene rings is 2. The SMILES string of the molecule is COc1ccc(-c2nn3c4c(nc3s2)-c2cc(OC)c(OC)cc2C4)cc1. The lowest BCUT2D eigenvalue weighted by atomic mass is 10.1. The second-order valence-electron chi connectivity index (χ2n) is 6.28. The molecule has 0 fully saturated rings. The first-order chi connectivity index (χ1) is 13.2. The van der Waals surface area contributed by atoms with E-state index < -0.39 is 0 Å². The lowest BCUT2D eigenvalue weighted by Gasteiger charge is -2.09. The third kappa shape index (κ3) is 2.39. The van der Waals surface area contributed by atoms with Crippen LogP contribution in [0.15, 0.2) is 36.4 Å². The molecule has 0 atom stereocenters. The fraction of sp³-hybridized carbons (Fsp3) is 0.200. The summed E-state index contributed by atoms with van der Waals surface area (Å²) in [6.07, 6.45) is 0.776. The number of ether oxygens (including phenoxy) is 3. The summed E-state index contributed by atoms with van der Waals surface area (Å²) in [7, 11) is 4.96. The summed E-state index contributed by atoms with van der Waals surface area (Å²) in [6.45, 7) is 0. The van der Waals surface area contributed by atoms with Gasteiger partial charge >= 0.3 is 0 Å². The smallest absolute Gasteiger partial charge is 0.213 e. The molecule has 0 unspecified atom stereocenters. The highest BCUT2D eigenvalue weighted by molar-refractivity contribution is 7.19. The van der Waals surface area contributed by atoms with Crippen LogP contribution in [0.3, 0.4) is 0 Å². The van der Waals surface area contributed by atoms with Crippen molar-refractivity contribution in [2.24, 2.45) is 0 Å². The Kier molecular flexibility index (Phi) is 3.58. The Hall–Kier alpha value is -3.06. The molecule has 4 aromatic rings. The summed E-state index contributed by atoms with van der Waals surface area (Å²) in [5.74, 6) is 2.28. The number of nitrogens with zero attached hydrogens (tertiary/aromatic N) is 3. The fourth-order valence-electron chi connectivity index (χ4n) is 3.48. The predicted octanol–water partition coefficient (Wildman–Crippen LogP) is 4.05. The van der Waals surface area contributed by atoms with Crippen LogP contribution in [0.5, 0.6) is 17.2 Å². The number of rotatable bonds is 4. The normalized spacial score (nSPS) is 12.1. The Bertz CT molecular complexity index is 1160. The molecule has 5 rings (SSSR count). The van der Waals surface area contributed by atoms with Crippen molar-refractivity contribution in [1.82, 2.24) is 14.6 Å². The molecule has 0 spiro atoms. The van der Waals surface area contributed by atoms with Crippen LogP contribution in [0.2, 0.25) is 0 Å². The van der Waals surface area contributed by atoms with Crippen molar-refractivity contribution >= 4 is 16.3 Å². The zero-order valence-corrected chi connectivity index (χ0v) is 16.0. The molecule has 0 amide bonds. The first-order valence-electron chi connectivity index (χ1n) is 8.50. The minimum Gasteiger partial charge on any atom is -0.497 e. The van der Waals surface area contributed by atoms with Crippen LogP contribution >= 0.6 is 11.3 Å². The summed E-state index contributed by atoms with van der Waals surface area (Å²) >= 11 is 1.58. The Morgan fingerprint density at radius 2 is 1.70 bits per heavy atom. The molecular weight excluding hydrogens is 362 g/mol. The molecule has 6 nitrogen and oxygen atoms in total. The quantitative estimate of drug-likeness (QED) is 0.471. The minimum atomic E-state index is 0.715. The van der Waals surface area contributed by atoms with E-state index in [1.54, 1.807) is 32.7 Å². The highest BCUT2D eigenvalue weighted by atomic mass is 32.1. The Morgan fingerprint density at radius 3 is 2.41 bits per heavy atom. The third-order valence-corrected chi connectivity index (χ3v) is 5.81. The lowest BCUT2D eigenvalue weighted by Crippen LogP contribution is -1.94. The molecular formula is C20H17N3O3S.